The van der Waals surface area contributed by atoms with Gasteiger partial charge in [0.25, 0.3) is 5.91 Å². The highest BCUT2D eigenvalue weighted by molar-refractivity contribution is 7.22. The second kappa shape index (κ2) is 12.2. The van der Waals surface area contributed by atoms with E-state index in [9.17, 15) is 4.79 Å². The summed E-state index contributed by atoms with van der Waals surface area (Å²) in [7, 11) is 1.63. The summed E-state index contributed by atoms with van der Waals surface area (Å²) in [5.41, 5.74) is 2.27. The fourth-order valence-electron chi connectivity index (χ4n) is 4.29. The fraction of sp³-hybridized carbons (Fsp3) is 0.346. The molecule has 1 aliphatic rings. The van der Waals surface area contributed by atoms with Crippen molar-refractivity contribution in [2.24, 2.45) is 0 Å². The minimum atomic E-state index is -0.211. The van der Waals surface area contributed by atoms with E-state index in [0.717, 1.165) is 55.2 Å². The first kappa shape index (κ1) is 27.3. The number of methoxy groups -OCH3 is 1. The van der Waals surface area contributed by atoms with E-state index in [1.165, 1.54) is 11.3 Å². The number of carbonyl (C=O) groups is 1. The maximum atomic E-state index is 14.1. The van der Waals surface area contributed by atoms with E-state index in [2.05, 4.69) is 10.1 Å². The molecule has 2 aromatic heterocycles. The SMILES string of the molecule is COc1ccc2sc(N(CCCN3CCOCC3)C(=O)c3c(-c4ccccc4Cl)noc3C)nc2c1.Cl. The fourth-order valence-corrected chi connectivity index (χ4v) is 5.49. The Balaban J connectivity index is 0.00000320. The Labute approximate surface area is 230 Å². The summed E-state index contributed by atoms with van der Waals surface area (Å²) < 4.78 is 17.3. The number of halogens is 2. The molecule has 37 heavy (non-hydrogen) atoms. The largest absolute Gasteiger partial charge is 0.497 e. The summed E-state index contributed by atoms with van der Waals surface area (Å²) in [6, 6.07) is 13.1. The third kappa shape index (κ3) is 5.91. The van der Waals surface area contributed by atoms with E-state index in [4.69, 9.17) is 30.6 Å². The van der Waals surface area contributed by atoms with Crippen LogP contribution in [-0.4, -0.2) is 67.5 Å². The number of rotatable bonds is 8. The third-order valence-corrected chi connectivity index (χ3v) is 7.61. The van der Waals surface area contributed by atoms with Crippen LogP contribution in [0.2, 0.25) is 5.02 Å². The molecule has 0 bridgehead atoms. The molecule has 0 radical (unpaired) electrons. The molecule has 0 aliphatic carbocycles. The maximum absolute atomic E-state index is 14.1. The Morgan fingerprint density at radius 2 is 2.00 bits per heavy atom. The number of morpholine rings is 1. The van der Waals surface area contributed by atoms with Crippen molar-refractivity contribution in [2.75, 3.05) is 51.4 Å². The van der Waals surface area contributed by atoms with Gasteiger partial charge in [-0.2, -0.15) is 0 Å². The van der Waals surface area contributed by atoms with Crippen LogP contribution in [0, 0.1) is 6.92 Å². The van der Waals surface area contributed by atoms with Gasteiger partial charge in [0.2, 0.25) is 0 Å². The van der Waals surface area contributed by atoms with Crippen molar-refractivity contribution in [3.8, 4) is 17.0 Å². The number of aryl methyl sites for hydroxylation is 1. The molecule has 11 heteroatoms. The summed E-state index contributed by atoms with van der Waals surface area (Å²) in [5.74, 6) is 0.952. The smallest absolute Gasteiger partial charge is 0.265 e. The molecule has 1 amide bonds. The van der Waals surface area contributed by atoms with Gasteiger partial charge in [-0.15, -0.1) is 12.4 Å². The van der Waals surface area contributed by atoms with E-state index < -0.39 is 0 Å². The predicted molar refractivity (Wildman–Crippen MR) is 149 cm³/mol. The zero-order valence-electron chi connectivity index (χ0n) is 20.6. The molecule has 8 nitrogen and oxygen atoms in total. The van der Waals surface area contributed by atoms with E-state index in [0.29, 0.717) is 39.3 Å². The molecule has 5 rings (SSSR count). The number of ether oxygens (including phenoxy) is 2. The minimum Gasteiger partial charge on any atom is -0.497 e. The van der Waals surface area contributed by atoms with Crippen molar-refractivity contribution in [3.05, 3.63) is 58.8 Å². The maximum Gasteiger partial charge on any atom is 0.265 e. The van der Waals surface area contributed by atoms with Crippen LogP contribution < -0.4 is 9.64 Å². The van der Waals surface area contributed by atoms with Crippen molar-refractivity contribution in [1.82, 2.24) is 15.0 Å². The molecule has 0 N–H and O–H groups in total. The van der Waals surface area contributed by atoms with Gasteiger partial charge in [0.05, 0.1) is 35.6 Å². The van der Waals surface area contributed by atoms with E-state index in [1.54, 1.807) is 25.0 Å². The lowest BCUT2D eigenvalue weighted by atomic mass is 10.1. The number of benzene rings is 2. The van der Waals surface area contributed by atoms with Gasteiger partial charge in [-0.05, 0) is 31.5 Å². The molecule has 0 atom stereocenters. The van der Waals surface area contributed by atoms with Gasteiger partial charge in [0, 0.05) is 37.8 Å². The lowest BCUT2D eigenvalue weighted by Crippen LogP contribution is -2.39. The normalized spacial score (nSPS) is 13.9. The molecule has 4 aromatic rings. The van der Waals surface area contributed by atoms with Crippen molar-refractivity contribution >= 4 is 56.6 Å². The number of carbonyl (C=O) groups excluding carboxylic acids is 1. The predicted octanol–water partition coefficient (Wildman–Crippen LogP) is 5.71. The number of fused-ring (bicyclic) bond motifs is 1. The molecule has 3 heterocycles. The summed E-state index contributed by atoms with van der Waals surface area (Å²) in [6.07, 6.45) is 0.788. The van der Waals surface area contributed by atoms with Gasteiger partial charge in [0.15, 0.2) is 5.13 Å². The molecule has 1 fully saturated rings. The van der Waals surface area contributed by atoms with Gasteiger partial charge in [-0.3, -0.25) is 14.6 Å². The Bertz CT molecular complexity index is 1370. The molecule has 0 unspecified atom stereocenters. The zero-order valence-corrected chi connectivity index (χ0v) is 23.0. The Morgan fingerprint density at radius 1 is 1.22 bits per heavy atom. The molecule has 1 aliphatic heterocycles. The van der Waals surface area contributed by atoms with Crippen LogP contribution >= 0.6 is 35.3 Å². The first-order chi connectivity index (χ1) is 17.5. The number of hydrogen-bond donors (Lipinski definition) is 0. The minimum absolute atomic E-state index is 0. The van der Waals surface area contributed by atoms with Crippen molar-refractivity contribution in [2.45, 2.75) is 13.3 Å². The van der Waals surface area contributed by atoms with Gasteiger partial charge in [-0.1, -0.05) is 46.3 Å². The van der Waals surface area contributed by atoms with Crippen molar-refractivity contribution in [1.29, 1.82) is 0 Å². The number of anilines is 1. The van der Waals surface area contributed by atoms with Crippen LogP contribution in [0.3, 0.4) is 0 Å². The summed E-state index contributed by atoms with van der Waals surface area (Å²) >= 11 is 7.92. The van der Waals surface area contributed by atoms with E-state index >= 15 is 0 Å². The average molecular weight is 564 g/mol. The van der Waals surface area contributed by atoms with Gasteiger partial charge in [0.1, 0.15) is 22.8 Å². The standard InChI is InChI=1S/C26H27ClN4O4S.ClH/c1-17-23(24(29-35-17)19-6-3-4-7-20(19)27)25(32)31(11-5-10-30-12-14-34-15-13-30)26-28-21-16-18(33-2)8-9-22(21)36-26;/h3-4,6-9,16H,5,10-15H2,1-2H3;1H. The Kier molecular flexibility index (Phi) is 9.04. The average Bonchev–Trinajstić information content (AvgIpc) is 3.49. The topological polar surface area (TPSA) is 80.9 Å². The molecule has 196 valence electrons. The molecular weight excluding hydrogens is 535 g/mol. The first-order valence-electron chi connectivity index (χ1n) is 11.8. The second-order valence-electron chi connectivity index (χ2n) is 8.54. The molecule has 0 spiro atoms. The first-order valence-corrected chi connectivity index (χ1v) is 13.0. The lowest BCUT2D eigenvalue weighted by molar-refractivity contribution is 0.0376. The van der Waals surface area contributed by atoms with E-state index in [1.807, 2.05) is 36.4 Å². The summed E-state index contributed by atoms with van der Waals surface area (Å²) in [6.45, 7) is 6.39. The quantitative estimate of drug-likeness (QED) is 0.272. The molecule has 0 saturated carbocycles. The van der Waals surface area contributed by atoms with Crippen LogP contribution in [0.15, 0.2) is 47.0 Å². The highest BCUT2D eigenvalue weighted by Crippen LogP contribution is 2.35. The zero-order chi connectivity index (χ0) is 25.1. The van der Waals surface area contributed by atoms with E-state index in [-0.39, 0.29) is 18.3 Å². The lowest BCUT2D eigenvalue weighted by Gasteiger charge is -2.27. The van der Waals surface area contributed by atoms with Gasteiger partial charge >= 0.3 is 0 Å². The number of aromatic nitrogens is 2. The molecular formula is C26H28Cl2N4O4S. The van der Waals surface area contributed by atoms with Crippen molar-refractivity contribution < 1.29 is 18.8 Å². The van der Waals surface area contributed by atoms with Crippen molar-refractivity contribution in [3.63, 3.8) is 0 Å². The van der Waals surface area contributed by atoms with Crippen LogP contribution in [0.5, 0.6) is 5.75 Å². The van der Waals surface area contributed by atoms with Gasteiger partial charge < -0.3 is 14.0 Å². The highest BCUT2D eigenvalue weighted by atomic mass is 35.5. The number of thiazole rings is 1. The van der Waals surface area contributed by atoms with Crippen LogP contribution in [-0.2, 0) is 4.74 Å². The van der Waals surface area contributed by atoms with Crippen LogP contribution in [0.25, 0.3) is 21.5 Å². The third-order valence-electron chi connectivity index (χ3n) is 6.22. The summed E-state index contributed by atoms with van der Waals surface area (Å²) in [5, 5.41) is 5.33. The number of amides is 1. The van der Waals surface area contributed by atoms with Crippen LogP contribution in [0.4, 0.5) is 5.13 Å². The monoisotopic (exact) mass is 562 g/mol. The summed E-state index contributed by atoms with van der Waals surface area (Å²) in [4.78, 5) is 23.0. The number of nitrogens with zero attached hydrogens (tertiary/aromatic N) is 4. The van der Waals surface area contributed by atoms with Gasteiger partial charge in [-0.25, -0.2) is 4.98 Å². The molecule has 1 saturated heterocycles. The molecule has 2 aromatic carbocycles. The van der Waals surface area contributed by atoms with Crippen LogP contribution in [0.1, 0.15) is 22.5 Å². The number of hydrogen-bond acceptors (Lipinski definition) is 8. The highest BCUT2D eigenvalue weighted by Gasteiger charge is 2.29. The Hall–Kier alpha value is -2.69. The second-order valence-corrected chi connectivity index (χ2v) is 9.95. The Morgan fingerprint density at radius 3 is 2.76 bits per heavy atom.